The Morgan fingerprint density at radius 3 is 1.48 bits per heavy atom. The molecule has 1 aromatic heterocycles. The van der Waals surface area contributed by atoms with E-state index >= 15 is 0 Å². The SMILES string of the molecule is Cc1cc(C)c2c(c1)oc1cc(N(c3ccccc3)c3ccc4c(c3)[C@]3(CCc5ccc(N(c6ccccc6)c6ccccc6)cc53)CC4)ccc12. The molecule has 0 N–H and O–H groups in total. The van der Waals surface area contributed by atoms with E-state index in [9.17, 15) is 0 Å². The molecule has 3 heteroatoms. The van der Waals surface area contributed by atoms with E-state index in [2.05, 4.69) is 181 Å². The molecule has 7 aromatic carbocycles. The first-order valence-corrected chi connectivity index (χ1v) is 18.5. The van der Waals surface area contributed by atoms with Gasteiger partial charge >= 0.3 is 0 Å². The molecule has 0 saturated heterocycles. The second kappa shape index (κ2) is 12.0. The van der Waals surface area contributed by atoms with Crippen molar-refractivity contribution >= 4 is 56.1 Å². The van der Waals surface area contributed by atoms with Crippen LogP contribution in [0.15, 0.2) is 162 Å². The van der Waals surface area contributed by atoms with Crippen LogP contribution in [-0.4, -0.2) is 0 Å². The zero-order valence-corrected chi connectivity index (χ0v) is 29.6. The molecular formula is C49H40N2O. The van der Waals surface area contributed by atoms with E-state index in [4.69, 9.17) is 4.42 Å². The normalized spacial score (nSPS) is 16.0. The summed E-state index contributed by atoms with van der Waals surface area (Å²) < 4.78 is 6.53. The highest BCUT2D eigenvalue weighted by Gasteiger charge is 2.45. The van der Waals surface area contributed by atoms with Crippen molar-refractivity contribution in [1.29, 1.82) is 0 Å². The van der Waals surface area contributed by atoms with Gasteiger partial charge in [0.15, 0.2) is 0 Å². The van der Waals surface area contributed by atoms with Crippen LogP contribution < -0.4 is 9.80 Å². The fraction of sp³-hybridized carbons (Fsp3) is 0.143. The largest absolute Gasteiger partial charge is 0.456 e. The van der Waals surface area contributed by atoms with Crippen LogP contribution in [0.5, 0.6) is 0 Å². The fourth-order valence-electron chi connectivity index (χ4n) is 9.28. The summed E-state index contributed by atoms with van der Waals surface area (Å²) in [6, 6.07) is 57.8. The van der Waals surface area contributed by atoms with Gasteiger partial charge in [0.05, 0.1) is 0 Å². The third-order valence-electron chi connectivity index (χ3n) is 11.6. The molecule has 0 saturated carbocycles. The van der Waals surface area contributed by atoms with Gasteiger partial charge in [0.2, 0.25) is 0 Å². The average molecular weight is 673 g/mol. The third kappa shape index (κ3) is 4.87. The van der Waals surface area contributed by atoms with E-state index in [1.807, 2.05) is 0 Å². The number of aryl methyl sites for hydroxylation is 4. The molecule has 10 rings (SSSR count). The number of fused-ring (bicyclic) bond motifs is 7. The molecule has 0 unspecified atom stereocenters. The maximum Gasteiger partial charge on any atom is 0.137 e. The molecule has 8 aromatic rings. The van der Waals surface area contributed by atoms with Crippen molar-refractivity contribution in [2.24, 2.45) is 0 Å². The monoisotopic (exact) mass is 672 g/mol. The first kappa shape index (κ1) is 30.7. The minimum atomic E-state index is -0.0177. The van der Waals surface area contributed by atoms with E-state index in [1.54, 1.807) is 0 Å². The Hall–Kier alpha value is -6.06. The van der Waals surface area contributed by atoms with E-state index < -0.39 is 0 Å². The zero-order valence-electron chi connectivity index (χ0n) is 29.6. The number of nitrogens with zero attached hydrogens (tertiary/aromatic N) is 2. The van der Waals surface area contributed by atoms with Crippen molar-refractivity contribution in [3.63, 3.8) is 0 Å². The summed E-state index contributed by atoms with van der Waals surface area (Å²) in [7, 11) is 0. The second-order valence-electron chi connectivity index (χ2n) is 14.7. The number of benzene rings is 7. The molecule has 0 radical (unpaired) electrons. The van der Waals surface area contributed by atoms with Gasteiger partial charge in [-0.25, -0.2) is 0 Å². The molecule has 0 aliphatic heterocycles. The van der Waals surface area contributed by atoms with Crippen molar-refractivity contribution in [3.05, 3.63) is 191 Å². The summed E-state index contributed by atoms with van der Waals surface area (Å²) in [5.41, 5.74) is 17.2. The highest BCUT2D eigenvalue weighted by Crippen LogP contribution is 2.55. The molecule has 1 spiro atoms. The lowest BCUT2D eigenvalue weighted by atomic mass is 9.76. The van der Waals surface area contributed by atoms with Crippen LogP contribution >= 0.6 is 0 Å². The quantitative estimate of drug-likeness (QED) is 0.175. The number of para-hydroxylation sites is 3. The lowest BCUT2D eigenvalue weighted by Gasteiger charge is -2.31. The Kier molecular flexibility index (Phi) is 7.11. The van der Waals surface area contributed by atoms with Gasteiger partial charge in [-0.3, -0.25) is 0 Å². The molecule has 2 aliphatic carbocycles. The van der Waals surface area contributed by atoms with Crippen LogP contribution in [-0.2, 0) is 18.3 Å². The number of hydrogen-bond donors (Lipinski definition) is 0. The molecule has 52 heavy (non-hydrogen) atoms. The summed E-state index contributed by atoms with van der Waals surface area (Å²) in [4.78, 5) is 4.79. The Labute approximate surface area is 305 Å². The van der Waals surface area contributed by atoms with Crippen LogP contribution in [0.4, 0.5) is 34.1 Å². The maximum atomic E-state index is 6.53. The van der Waals surface area contributed by atoms with E-state index in [1.165, 1.54) is 61.5 Å². The highest BCUT2D eigenvalue weighted by atomic mass is 16.3. The standard InChI is InChI=1S/C49H40N2O/c1-33-28-34(2)48-43-23-22-42(32-46(43)52-47(48)29-33)51(39-16-10-5-11-17-39)41-21-19-36-25-27-49(45(36)31-41)26-24-35-18-20-40(30-44(35)49)50(37-12-6-3-7-13-37)38-14-8-4-9-15-38/h3-23,28-32H,24-27H2,1-2H3/t49-/m1/s1. The van der Waals surface area contributed by atoms with Crippen molar-refractivity contribution in [1.82, 2.24) is 0 Å². The van der Waals surface area contributed by atoms with Gasteiger partial charge in [-0.1, -0.05) is 72.8 Å². The minimum absolute atomic E-state index is 0.0177. The summed E-state index contributed by atoms with van der Waals surface area (Å²) in [6.45, 7) is 4.31. The molecule has 1 atom stereocenters. The first-order chi connectivity index (χ1) is 25.6. The van der Waals surface area contributed by atoms with Crippen LogP contribution in [0.3, 0.4) is 0 Å². The Bertz CT molecular complexity index is 2560. The highest BCUT2D eigenvalue weighted by molar-refractivity contribution is 6.08. The molecular weight excluding hydrogens is 633 g/mol. The van der Waals surface area contributed by atoms with Crippen LogP contribution in [0.1, 0.15) is 46.2 Å². The van der Waals surface area contributed by atoms with Crippen LogP contribution in [0.25, 0.3) is 21.9 Å². The average Bonchev–Trinajstić information content (AvgIpc) is 3.86. The predicted molar refractivity (Wildman–Crippen MR) is 216 cm³/mol. The molecule has 252 valence electrons. The van der Waals surface area contributed by atoms with E-state index in [0.717, 1.165) is 53.6 Å². The number of rotatable bonds is 6. The van der Waals surface area contributed by atoms with Crippen molar-refractivity contribution in [2.75, 3.05) is 9.80 Å². The molecule has 0 amide bonds. The summed E-state index contributed by atoms with van der Waals surface area (Å²) in [6.07, 6.45) is 4.46. The van der Waals surface area contributed by atoms with Gasteiger partial charge in [-0.2, -0.15) is 0 Å². The van der Waals surface area contributed by atoms with Gasteiger partial charge in [0.25, 0.3) is 0 Å². The predicted octanol–water partition coefficient (Wildman–Crippen LogP) is 13.3. The lowest BCUT2D eigenvalue weighted by Crippen LogP contribution is -2.22. The summed E-state index contributed by atoms with van der Waals surface area (Å²) in [5, 5.41) is 2.37. The van der Waals surface area contributed by atoms with Crippen LogP contribution in [0, 0.1) is 13.8 Å². The van der Waals surface area contributed by atoms with Gasteiger partial charge in [0, 0.05) is 56.4 Å². The number of anilines is 6. The van der Waals surface area contributed by atoms with Crippen molar-refractivity contribution < 1.29 is 4.42 Å². The smallest absolute Gasteiger partial charge is 0.137 e. The first-order valence-electron chi connectivity index (χ1n) is 18.5. The zero-order chi connectivity index (χ0) is 34.8. The van der Waals surface area contributed by atoms with Crippen molar-refractivity contribution in [2.45, 2.75) is 44.9 Å². The van der Waals surface area contributed by atoms with Crippen molar-refractivity contribution in [3.8, 4) is 0 Å². The Morgan fingerprint density at radius 1 is 0.462 bits per heavy atom. The van der Waals surface area contributed by atoms with E-state index in [0.29, 0.717) is 0 Å². The number of furan rings is 1. The molecule has 1 heterocycles. The van der Waals surface area contributed by atoms with Gasteiger partial charge in [0.1, 0.15) is 11.2 Å². The minimum Gasteiger partial charge on any atom is -0.456 e. The third-order valence-corrected chi connectivity index (χ3v) is 11.6. The Morgan fingerprint density at radius 2 is 0.942 bits per heavy atom. The molecule has 3 nitrogen and oxygen atoms in total. The maximum absolute atomic E-state index is 6.53. The van der Waals surface area contributed by atoms with Crippen LogP contribution in [0.2, 0.25) is 0 Å². The topological polar surface area (TPSA) is 19.6 Å². The lowest BCUT2D eigenvalue weighted by molar-refractivity contribution is 0.507. The molecule has 2 aliphatic rings. The van der Waals surface area contributed by atoms with Gasteiger partial charge in [-0.05, 0) is 152 Å². The van der Waals surface area contributed by atoms with E-state index in [-0.39, 0.29) is 5.41 Å². The summed E-state index contributed by atoms with van der Waals surface area (Å²) >= 11 is 0. The summed E-state index contributed by atoms with van der Waals surface area (Å²) in [5.74, 6) is 0. The second-order valence-corrected chi connectivity index (χ2v) is 14.7. The van der Waals surface area contributed by atoms with Gasteiger partial charge in [-0.15, -0.1) is 0 Å². The Balaban J connectivity index is 1.10. The fourth-order valence-corrected chi connectivity index (χ4v) is 9.28. The number of hydrogen-bond acceptors (Lipinski definition) is 3. The van der Waals surface area contributed by atoms with Gasteiger partial charge < -0.3 is 14.2 Å². The molecule has 0 fully saturated rings. The molecule has 0 bridgehead atoms.